The first-order chi connectivity index (χ1) is 7.09. The summed E-state index contributed by atoms with van der Waals surface area (Å²) >= 11 is 0. The Morgan fingerprint density at radius 3 is 2.47 bits per heavy atom. The van der Waals surface area contributed by atoms with Gasteiger partial charge in [-0.3, -0.25) is 9.59 Å². The van der Waals surface area contributed by atoms with Crippen molar-refractivity contribution in [2.75, 3.05) is 6.54 Å². The zero-order valence-corrected chi connectivity index (χ0v) is 9.16. The SMILES string of the molecule is CC(=O)NCC(CC(=O)O)C1CCCC1. The van der Waals surface area contributed by atoms with Gasteiger partial charge in [-0.05, 0) is 11.8 Å². The Bertz CT molecular complexity index is 234. The summed E-state index contributed by atoms with van der Waals surface area (Å²) in [6.45, 7) is 1.97. The molecule has 4 nitrogen and oxygen atoms in total. The number of aliphatic carboxylic acids is 1. The number of carbonyl (C=O) groups excluding carboxylic acids is 1. The molecule has 4 heteroatoms. The van der Waals surface area contributed by atoms with Crippen molar-refractivity contribution in [3.63, 3.8) is 0 Å². The standard InChI is InChI=1S/C11H19NO3/c1-8(13)12-7-10(6-11(14)15)9-4-2-3-5-9/h9-10H,2-7H2,1H3,(H,12,13)(H,14,15). The summed E-state index contributed by atoms with van der Waals surface area (Å²) in [6, 6.07) is 0. The number of amides is 1. The highest BCUT2D eigenvalue weighted by atomic mass is 16.4. The molecule has 15 heavy (non-hydrogen) atoms. The second kappa shape index (κ2) is 5.73. The highest BCUT2D eigenvalue weighted by molar-refractivity contribution is 5.73. The Morgan fingerprint density at radius 1 is 1.40 bits per heavy atom. The lowest BCUT2D eigenvalue weighted by atomic mass is 9.88. The summed E-state index contributed by atoms with van der Waals surface area (Å²) in [4.78, 5) is 21.5. The van der Waals surface area contributed by atoms with Gasteiger partial charge >= 0.3 is 5.97 Å². The smallest absolute Gasteiger partial charge is 0.303 e. The fourth-order valence-electron chi connectivity index (χ4n) is 2.33. The maximum absolute atomic E-state index is 10.8. The van der Waals surface area contributed by atoms with E-state index in [0.29, 0.717) is 12.5 Å². The zero-order chi connectivity index (χ0) is 11.3. The summed E-state index contributed by atoms with van der Waals surface area (Å²) in [5.41, 5.74) is 0. The summed E-state index contributed by atoms with van der Waals surface area (Å²) in [5, 5.41) is 11.5. The molecule has 0 aliphatic heterocycles. The fourth-order valence-corrected chi connectivity index (χ4v) is 2.33. The average molecular weight is 213 g/mol. The minimum absolute atomic E-state index is 0.0802. The minimum Gasteiger partial charge on any atom is -0.481 e. The van der Waals surface area contributed by atoms with Gasteiger partial charge in [-0.15, -0.1) is 0 Å². The molecular weight excluding hydrogens is 194 g/mol. The van der Waals surface area contributed by atoms with E-state index in [1.165, 1.54) is 19.8 Å². The van der Waals surface area contributed by atoms with Gasteiger partial charge in [0.1, 0.15) is 0 Å². The number of nitrogens with one attached hydrogen (secondary N) is 1. The van der Waals surface area contributed by atoms with Gasteiger partial charge in [0.2, 0.25) is 5.91 Å². The largest absolute Gasteiger partial charge is 0.481 e. The minimum atomic E-state index is -0.766. The molecule has 0 aromatic carbocycles. The molecule has 0 radical (unpaired) electrons. The van der Waals surface area contributed by atoms with Crippen LogP contribution in [0.15, 0.2) is 0 Å². The number of carboxylic acid groups (broad SMARTS) is 1. The van der Waals surface area contributed by atoms with Gasteiger partial charge in [0.15, 0.2) is 0 Å². The van der Waals surface area contributed by atoms with E-state index in [0.717, 1.165) is 12.8 Å². The predicted octanol–water partition coefficient (Wildman–Crippen LogP) is 1.40. The van der Waals surface area contributed by atoms with Gasteiger partial charge in [0.25, 0.3) is 0 Å². The van der Waals surface area contributed by atoms with E-state index < -0.39 is 5.97 Å². The molecule has 0 heterocycles. The maximum Gasteiger partial charge on any atom is 0.303 e. The Balaban J connectivity index is 2.43. The van der Waals surface area contributed by atoms with Crippen LogP contribution in [0.1, 0.15) is 39.0 Å². The van der Waals surface area contributed by atoms with Crippen LogP contribution in [0.4, 0.5) is 0 Å². The van der Waals surface area contributed by atoms with Crippen molar-refractivity contribution >= 4 is 11.9 Å². The first-order valence-corrected chi connectivity index (χ1v) is 5.56. The highest BCUT2D eigenvalue weighted by Gasteiger charge is 2.26. The van der Waals surface area contributed by atoms with Crippen LogP contribution in [0.2, 0.25) is 0 Å². The van der Waals surface area contributed by atoms with Gasteiger partial charge in [-0.1, -0.05) is 25.7 Å². The van der Waals surface area contributed by atoms with Gasteiger partial charge in [-0.2, -0.15) is 0 Å². The summed E-state index contributed by atoms with van der Waals surface area (Å²) in [6.07, 6.45) is 4.78. The summed E-state index contributed by atoms with van der Waals surface area (Å²) < 4.78 is 0. The number of carbonyl (C=O) groups is 2. The predicted molar refractivity (Wildman–Crippen MR) is 56.4 cm³/mol. The van der Waals surface area contributed by atoms with Gasteiger partial charge in [-0.25, -0.2) is 0 Å². The van der Waals surface area contributed by atoms with E-state index in [1.807, 2.05) is 0 Å². The highest BCUT2D eigenvalue weighted by Crippen LogP contribution is 2.32. The Morgan fingerprint density at radius 2 is 2.00 bits per heavy atom. The van der Waals surface area contributed by atoms with Crippen LogP contribution in [-0.4, -0.2) is 23.5 Å². The molecule has 1 aliphatic rings. The van der Waals surface area contributed by atoms with Crippen LogP contribution in [0.5, 0.6) is 0 Å². The molecule has 0 spiro atoms. The molecular formula is C11H19NO3. The quantitative estimate of drug-likeness (QED) is 0.725. The molecule has 1 atom stereocenters. The first-order valence-electron chi connectivity index (χ1n) is 5.56. The van der Waals surface area contributed by atoms with Crippen LogP contribution < -0.4 is 5.32 Å². The molecule has 86 valence electrons. The number of hydrogen-bond acceptors (Lipinski definition) is 2. The lowest BCUT2D eigenvalue weighted by Crippen LogP contribution is -2.31. The second-order valence-corrected chi connectivity index (χ2v) is 4.34. The molecule has 1 aliphatic carbocycles. The van der Waals surface area contributed by atoms with Crippen molar-refractivity contribution < 1.29 is 14.7 Å². The summed E-state index contributed by atoms with van der Waals surface area (Å²) in [7, 11) is 0. The Labute approximate surface area is 90.0 Å². The van der Waals surface area contributed by atoms with Crippen LogP contribution in [0.25, 0.3) is 0 Å². The van der Waals surface area contributed by atoms with Gasteiger partial charge in [0, 0.05) is 13.5 Å². The third-order valence-electron chi connectivity index (χ3n) is 3.12. The van der Waals surface area contributed by atoms with E-state index in [1.54, 1.807) is 0 Å². The molecule has 2 N–H and O–H groups in total. The van der Waals surface area contributed by atoms with E-state index in [2.05, 4.69) is 5.32 Å². The number of hydrogen-bond donors (Lipinski definition) is 2. The molecule has 1 saturated carbocycles. The zero-order valence-electron chi connectivity index (χ0n) is 9.16. The summed E-state index contributed by atoms with van der Waals surface area (Å²) in [5.74, 6) is -0.262. The van der Waals surface area contributed by atoms with Crippen molar-refractivity contribution in [1.82, 2.24) is 5.32 Å². The molecule has 0 bridgehead atoms. The Kier molecular flexibility index (Phi) is 4.59. The van der Waals surface area contributed by atoms with Crippen molar-refractivity contribution in [2.45, 2.75) is 39.0 Å². The van der Waals surface area contributed by atoms with E-state index >= 15 is 0 Å². The van der Waals surface area contributed by atoms with Crippen molar-refractivity contribution in [1.29, 1.82) is 0 Å². The third kappa shape index (κ3) is 4.32. The molecule has 0 aromatic rings. The third-order valence-corrected chi connectivity index (χ3v) is 3.12. The fraction of sp³-hybridized carbons (Fsp3) is 0.818. The van der Waals surface area contributed by atoms with Crippen LogP contribution in [0, 0.1) is 11.8 Å². The Hall–Kier alpha value is -1.06. The molecule has 0 saturated heterocycles. The second-order valence-electron chi connectivity index (χ2n) is 4.34. The number of rotatable bonds is 5. The number of carboxylic acids is 1. The topological polar surface area (TPSA) is 66.4 Å². The van der Waals surface area contributed by atoms with Gasteiger partial charge < -0.3 is 10.4 Å². The molecule has 1 unspecified atom stereocenters. The van der Waals surface area contributed by atoms with Crippen LogP contribution in [-0.2, 0) is 9.59 Å². The normalized spacial score (nSPS) is 18.7. The molecule has 1 rings (SSSR count). The molecule has 1 fully saturated rings. The van der Waals surface area contributed by atoms with Gasteiger partial charge in [0.05, 0.1) is 6.42 Å². The lowest BCUT2D eigenvalue weighted by molar-refractivity contribution is -0.138. The van der Waals surface area contributed by atoms with Crippen LogP contribution >= 0.6 is 0 Å². The lowest BCUT2D eigenvalue weighted by Gasteiger charge is -2.21. The van der Waals surface area contributed by atoms with Crippen LogP contribution in [0.3, 0.4) is 0 Å². The monoisotopic (exact) mass is 213 g/mol. The molecule has 1 amide bonds. The van der Waals surface area contributed by atoms with E-state index in [9.17, 15) is 9.59 Å². The van der Waals surface area contributed by atoms with Crippen molar-refractivity contribution in [2.24, 2.45) is 11.8 Å². The van der Waals surface area contributed by atoms with E-state index in [-0.39, 0.29) is 18.2 Å². The maximum atomic E-state index is 10.8. The van der Waals surface area contributed by atoms with Crippen molar-refractivity contribution in [3.05, 3.63) is 0 Å². The average Bonchev–Trinajstić information content (AvgIpc) is 2.63. The van der Waals surface area contributed by atoms with E-state index in [4.69, 9.17) is 5.11 Å². The first kappa shape index (κ1) is 12.0. The van der Waals surface area contributed by atoms with Crippen molar-refractivity contribution in [3.8, 4) is 0 Å². The molecule has 0 aromatic heterocycles.